The fourth-order valence-electron chi connectivity index (χ4n) is 2.87. The molecule has 0 aromatic carbocycles. The summed E-state index contributed by atoms with van der Waals surface area (Å²) in [5, 5.41) is 0. The van der Waals surface area contributed by atoms with Crippen molar-refractivity contribution in [3.63, 3.8) is 0 Å². The van der Waals surface area contributed by atoms with Gasteiger partial charge in [0.05, 0.1) is 0 Å². The van der Waals surface area contributed by atoms with Gasteiger partial charge in [-0.25, -0.2) is 0 Å². The average Bonchev–Trinajstić information content (AvgIpc) is 2.51. The van der Waals surface area contributed by atoms with Crippen molar-refractivity contribution in [2.45, 2.75) is 44.4 Å². The smallest absolute Gasteiger partial charge is 0.251 e. The van der Waals surface area contributed by atoms with Crippen LogP contribution in [-0.4, -0.2) is 61.1 Å². The molecule has 2 aliphatic rings. The highest BCUT2D eigenvalue weighted by atomic mass is 16.5. The van der Waals surface area contributed by atoms with E-state index in [1.807, 2.05) is 11.8 Å². The van der Waals surface area contributed by atoms with Crippen LogP contribution in [0.1, 0.15) is 26.2 Å². The van der Waals surface area contributed by atoms with Crippen LogP contribution in [0.2, 0.25) is 0 Å². The van der Waals surface area contributed by atoms with E-state index in [0.717, 1.165) is 19.5 Å². The lowest BCUT2D eigenvalue weighted by molar-refractivity contribution is -0.141. The maximum Gasteiger partial charge on any atom is 0.251 e. The minimum absolute atomic E-state index is 0.142. The van der Waals surface area contributed by atoms with Crippen LogP contribution in [0, 0.1) is 0 Å². The number of hydrogen-bond acceptors (Lipinski definition) is 3. The molecule has 0 aromatic rings. The van der Waals surface area contributed by atoms with E-state index in [1.54, 1.807) is 7.11 Å². The number of carbonyl (C=O) groups excluding carboxylic acids is 1. The van der Waals surface area contributed by atoms with E-state index in [1.165, 1.54) is 12.8 Å². The predicted octanol–water partition coefficient (Wildman–Crippen LogP) is 0.716. The second kappa shape index (κ2) is 4.72. The van der Waals surface area contributed by atoms with E-state index in [4.69, 9.17) is 4.74 Å². The minimum atomic E-state index is -0.304. The number of likely N-dealkylation sites (N-methyl/N-ethyl adjacent to an activating group) is 1. The number of rotatable bonds is 2. The third kappa shape index (κ3) is 2.09. The molecule has 0 N–H and O–H groups in total. The Morgan fingerprint density at radius 2 is 2.00 bits per heavy atom. The SMILES string of the molecule is COC(C)C(=O)N1CCC2CCC(C1)N2C. The highest BCUT2D eigenvalue weighted by molar-refractivity contribution is 5.80. The molecular weight excluding hydrogens is 204 g/mol. The van der Waals surface area contributed by atoms with Gasteiger partial charge >= 0.3 is 0 Å². The largest absolute Gasteiger partial charge is 0.372 e. The van der Waals surface area contributed by atoms with E-state index < -0.39 is 0 Å². The van der Waals surface area contributed by atoms with Crippen molar-refractivity contribution in [1.29, 1.82) is 0 Å². The molecule has 3 atom stereocenters. The van der Waals surface area contributed by atoms with Crippen LogP contribution in [0.3, 0.4) is 0 Å². The first-order valence-corrected chi connectivity index (χ1v) is 6.17. The zero-order valence-corrected chi connectivity index (χ0v) is 10.5. The maximum atomic E-state index is 12.0. The molecule has 4 nitrogen and oxygen atoms in total. The van der Waals surface area contributed by atoms with E-state index in [0.29, 0.717) is 12.1 Å². The lowest BCUT2D eigenvalue weighted by Crippen LogP contribution is -2.43. The molecule has 0 aliphatic carbocycles. The Labute approximate surface area is 97.5 Å². The van der Waals surface area contributed by atoms with Gasteiger partial charge in [0.1, 0.15) is 6.10 Å². The average molecular weight is 226 g/mol. The Hall–Kier alpha value is -0.610. The predicted molar refractivity (Wildman–Crippen MR) is 62.2 cm³/mol. The molecule has 1 amide bonds. The lowest BCUT2D eigenvalue weighted by Gasteiger charge is -2.27. The summed E-state index contributed by atoms with van der Waals surface area (Å²) in [4.78, 5) is 16.5. The van der Waals surface area contributed by atoms with Gasteiger partial charge in [0.15, 0.2) is 0 Å². The van der Waals surface area contributed by atoms with E-state index >= 15 is 0 Å². The Morgan fingerprint density at radius 1 is 1.31 bits per heavy atom. The fourth-order valence-corrected chi connectivity index (χ4v) is 2.87. The number of carbonyl (C=O) groups is 1. The van der Waals surface area contributed by atoms with Crippen molar-refractivity contribution < 1.29 is 9.53 Å². The molecule has 2 bridgehead atoms. The monoisotopic (exact) mass is 226 g/mol. The van der Waals surface area contributed by atoms with Crippen molar-refractivity contribution >= 4 is 5.91 Å². The van der Waals surface area contributed by atoms with Gasteiger partial charge in [-0.3, -0.25) is 9.69 Å². The number of methoxy groups -OCH3 is 1. The molecule has 16 heavy (non-hydrogen) atoms. The molecule has 0 radical (unpaired) electrons. The molecule has 0 spiro atoms. The van der Waals surface area contributed by atoms with Gasteiger partial charge in [-0.1, -0.05) is 0 Å². The molecule has 2 saturated heterocycles. The maximum absolute atomic E-state index is 12.0. The van der Waals surface area contributed by atoms with Crippen LogP contribution >= 0.6 is 0 Å². The van der Waals surface area contributed by atoms with Gasteiger partial charge < -0.3 is 9.64 Å². The summed E-state index contributed by atoms with van der Waals surface area (Å²) in [5.41, 5.74) is 0. The number of ether oxygens (including phenoxy) is 1. The normalized spacial score (nSPS) is 32.6. The van der Waals surface area contributed by atoms with Gasteiger partial charge in [0.2, 0.25) is 0 Å². The second-order valence-corrected chi connectivity index (χ2v) is 5.00. The van der Waals surface area contributed by atoms with Crippen LogP contribution in [0.4, 0.5) is 0 Å². The molecule has 4 heteroatoms. The van der Waals surface area contributed by atoms with Gasteiger partial charge in [0, 0.05) is 32.3 Å². The number of amides is 1. The Balaban J connectivity index is 2.01. The van der Waals surface area contributed by atoms with Gasteiger partial charge in [-0.05, 0) is 33.2 Å². The third-order valence-electron chi connectivity index (χ3n) is 4.16. The van der Waals surface area contributed by atoms with Gasteiger partial charge in [-0.15, -0.1) is 0 Å². The van der Waals surface area contributed by atoms with E-state index in [-0.39, 0.29) is 12.0 Å². The number of likely N-dealkylation sites (tertiary alicyclic amines) is 1. The molecular formula is C12H22N2O2. The van der Waals surface area contributed by atoms with Crippen molar-refractivity contribution in [1.82, 2.24) is 9.80 Å². The summed E-state index contributed by atoms with van der Waals surface area (Å²) < 4.78 is 5.11. The summed E-state index contributed by atoms with van der Waals surface area (Å²) in [7, 11) is 3.79. The Morgan fingerprint density at radius 3 is 2.69 bits per heavy atom. The molecule has 2 fully saturated rings. The molecule has 2 heterocycles. The fraction of sp³-hybridized carbons (Fsp3) is 0.917. The molecule has 2 rings (SSSR count). The van der Waals surface area contributed by atoms with Crippen molar-refractivity contribution in [2.75, 3.05) is 27.2 Å². The first-order valence-electron chi connectivity index (χ1n) is 6.17. The summed E-state index contributed by atoms with van der Waals surface area (Å²) in [6, 6.07) is 1.24. The minimum Gasteiger partial charge on any atom is -0.372 e. The molecule has 2 aliphatic heterocycles. The van der Waals surface area contributed by atoms with Crippen LogP contribution in [0.5, 0.6) is 0 Å². The number of nitrogens with zero attached hydrogens (tertiary/aromatic N) is 2. The standard InChI is InChI=1S/C12H22N2O2/c1-9(16-3)12(15)14-7-6-10-4-5-11(8-14)13(10)2/h9-11H,4-8H2,1-3H3. The first kappa shape index (κ1) is 11.9. The summed E-state index contributed by atoms with van der Waals surface area (Å²) in [6.45, 7) is 3.59. The van der Waals surface area contributed by atoms with Crippen molar-refractivity contribution in [3.05, 3.63) is 0 Å². The van der Waals surface area contributed by atoms with Crippen molar-refractivity contribution in [3.8, 4) is 0 Å². The van der Waals surface area contributed by atoms with Crippen LogP contribution < -0.4 is 0 Å². The Bertz CT molecular complexity index is 270. The molecule has 0 aromatic heterocycles. The van der Waals surface area contributed by atoms with E-state index in [2.05, 4.69) is 11.9 Å². The molecule has 92 valence electrons. The number of fused-ring (bicyclic) bond motifs is 2. The zero-order chi connectivity index (χ0) is 11.7. The van der Waals surface area contributed by atoms with Crippen molar-refractivity contribution in [2.24, 2.45) is 0 Å². The number of hydrogen-bond donors (Lipinski definition) is 0. The van der Waals surface area contributed by atoms with Crippen LogP contribution in [0.25, 0.3) is 0 Å². The lowest BCUT2D eigenvalue weighted by atomic mass is 10.1. The zero-order valence-electron chi connectivity index (χ0n) is 10.5. The molecule has 3 unspecified atom stereocenters. The topological polar surface area (TPSA) is 32.8 Å². The van der Waals surface area contributed by atoms with Crippen LogP contribution in [-0.2, 0) is 9.53 Å². The highest BCUT2D eigenvalue weighted by Gasteiger charge is 2.36. The second-order valence-electron chi connectivity index (χ2n) is 5.00. The third-order valence-corrected chi connectivity index (χ3v) is 4.16. The summed E-state index contributed by atoms with van der Waals surface area (Å²) in [5.74, 6) is 0.142. The molecule has 0 saturated carbocycles. The van der Waals surface area contributed by atoms with Crippen LogP contribution in [0.15, 0.2) is 0 Å². The quantitative estimate of drug-likeness (QED) is 0.695. The summed E-state index contributed by atoms with van der Waals surface area (Å²) in [6.07, 6.45) is 3.33. The first-order chi connectivity index (χ1) is 7.63. The van der Waals surface area contributed by atoms with E-state index in [9.17, 15) is 4.79 Å². The van der Waals surface area contributed by atoms with Gasteiger partial charge in [0.25, 0.3) is 5.91 Å². The summed E-state index contributed by atoms with van der Waals surface area (Å²) >= 11 is 0. The Kier molecular flexibility index (Phi) is 3.50. The van der Waals surface area contributed by atoms with Gasteiger partial charge in [-0.2, -0.15) is 0 Å². The highest BCUT2D eigenvalue weighted by Crippen LogP contribution is 2.28.